The van der Waals surface area contributed by atoms with Gasteiger partial charge in [0.2, 0.25) is 5.91 Å². The van der Waals surface area contributed by atoms with Crippen molar-refractivity contribution in [2.24, 2.45) is 0 Å². The molecule has 0 aliphatic carbocycles. The average molecular weight is 1290 g/mol. The van der Waals surface area contributed by atoms with E-state index in [-0.39, 0.29) is 18.9 Å². The smallest absolute Gasteiger partial charge is 0.220 e. The first kappa shape index (κ1) is 82.2. The highest BCUT2D eigenvalue weighted by Crippen LogP contribution is 2.33. The molecule has 0 aromatic heterocycles. The molecule has 3 heterocycles. The van der Waals surface area contributed by atoms with Crippen molar-refractivity contribution in [2.75, 3.05) is 26.4 Å². The van der Waals surface area contributed by atoms with Gasteiger partial charge in [0, 0.05) is 6.42 Å². The molecule has 3 rings (SSSR count). The number of nitrogens with one attached hydrogen (secondary N) is 1. The lowest BCUT2D eigenvalue weighted by Crippen LogP contribution is -2.66. The molecule has 0 spiro atoms. The van der Waals surface area contributed by atoms with E-state index in [2.05, 4.69) is 43.5 Å². The van der Waals surface area contributed by atoms with Crippen LogP contribution in [0.2, 0.25) is 0 Å². The minimum atomic E-state index is -1.98. The van der Waals surface area contributed by atoms with Gasteiger partial charge < -0.3 is 89.9 Å². The van der Waals surface area contributed by atoms with Gasteiger partial charge in [-0.2, -0.15) is 0 Å². The van der Waals surface area contributed by atoms with Gasteiger partial charge in [-0.05, 0) is 51.4 Å². The fourth-order valence-corrected chi connectivity index (χ4v) is 12.3. The molecule has 0 radical (unpaired) electrons. The zero-order chi connectivity index (χ0) is 65.4. The van der Waals surface area contributed by atoms with E-state index in [1.54, 1.807) is 6.08 Å². The minimum absolute atomic E-state index is 0.247. The van der Waals surface area contributed by atoms with Crippen LogP contribution in [0.25, 0.3) is 0 Å². The third-order valence-electron chi connectivity index (χ3n) is 18.2. The van der Waals surface area contributed by atoms with Gasteiger partial charge in [-0.3, -0.25) is 4.79 Å². The van der Waals surface area contributed by atoms with Crippen LogP contribution in [0.1, 0.15) is 277 Å². The van der Waals surface area contributed by atoms with Gasteiger partial charge >= 0.3 is 0 Å². The number of aliphatic hydroxyl groups excluding tert-OH is 11. The molecule has 12 N–H and O–H groups in total. The number of hydrogen-bond acceptors (Lipinski definition) is 18. The van der Waals surface area contributed by atoms with Gasteiger partial charge in [-0.1, -0.05) is 256 Å². The molecule has 0 bridgehead atoms. The Labute approximate surface area is 542 Å². The predicted molar refractivity (Wildman–Crippen MR) is 351 cm³/mol. The Kier molecular flexibility index (Phi) is 48.6. The fraction of sp³-hybridized carbons (Fsp3) is 0.901. The summed E-state index contributed by atoms with van der Waals surface area (Å²) >= 11 is 0. The van der Waals surface area contributed by atoms with Crippen LogP contribution in [-0.4, -0.2) is 193 Å². The summed E-state index contributed by atoms with van der Waals surface area (Å²) in [6, 6.07) is -0.969. The predicted octanol–water partition coefficient (Wildman–Crippen LogP) is 10.00. The van der Waals surface area contributed by atoms with E-state index in [4.69, 9.17) is 28.4 Å². The summed E-state index contributed by atoms with van der Waals surface area (Å²) in [5.74, 6) is -0.273. The molecule has 3 fully saturated rings. The van der Waals surface area contributed by atoms with Crippen molar-refractivity contribution in [1.82, 2.24) is 5.32 Å². The van der Waals surface area contributed by atoms with E-state index in [1.807, 2.05) is 6.08 Å². The highest BCUT2D eigenvalue weighted by Gasteiger charge is 2.53. The Hall–Kier alpha value is -1.99. The molecule has 19 heteroatoms. The monoisotopic (exact) mass is 1290 g/mol. The molecule has 3 aliphatic rings. The topological polar surface area (TPSA) is 307 Å². The summed E-state index contributed by atoms with van der Waals surface area (Å²) in [5.41, 5.74) is 0. The zero-order valence-corrected chi connectivity index (χ0v) is 55.9. The summed E-state index contributed by atoms with van der Waals surface area (Å²) in [6.07, 6.45) is 36.0. The molecule has 17 unspecified atom stereocenters. The molecule has 1 amide bonds. The first-order valence-corrected chi connectivity index (χ1v) is 36.2. The zero-order valence-electron chi connectivity index (χ0n) is 55.9. The second-order valence-corrected chi connectivity index (χ2v) is 26.1. The first-order valence-electron chi connectivity index (χ1n) is 36.2. The molecule has 17 atom stereocenters. The lowest BCUT2D eigenvalue weighted by molar-refractivity contribution is -0.379. The standard InChI is InChI=1S/C71H131NO18/c1-3-5-7-9-11-13-15-16-17-18-19-20-21-22-23-24-25-26-27-28-29-30-31-32-33-34-35-36-37-38-39-41-43-45-47-49-59(77)72-54(55(76)48-46-44-42-40-14-12-10-8-6-4-2)53-85-69-65(83)62(80)67(57(51-74)87-69)90-71-66(84)63(81)68(58(52-75)88-71)89-70-64(82)61(79)60(78)56(50-73)86-70/h15-16,18-19,46,48,54-58,60-71,73-76,78-84H,3-14,17,20-45,47,49-53H2,1-2H3,(H,72,77)/b16-15-,19-18-,48-46+. The third kappa shape index (κ3) is 34.6. The summed E-state index contributed by atoms with van der Waals surface area (Å²) in [6.45, 7) is 1.71. The Morgan fingerprint density at radius 1 is 0.400 bits per heavy atom. The summed E-state index contributed by atoms with van der Waals surface area (Å²) in [7, 11) is 0. The van der Waals surface area contributed by atoms with Crippen LogP contribution in [0.5, 0.6) is 0 Å². The number of rotatable bonds is 56. The lowest BCUT2D eigenvalue weighted by atomic mass is 9.96. The maximum Gasteiger partial charge on any atom is 0.220 e. The number of amides is 1. The van der Waals surface area contributed by atoms with E-state index in [0.29, 0.717) is 6.42 Å². The van der Waals surface area contributed by atoms with Crippen LogP contribution in [0.15, 0.2) is 36.5 Å². The number of unbranched alkanes of at least 4 members (excludes halogenated alkanes) is 36. The molecule has 0 saturated carbocycles. The maximum atomic E-state index is 13.4. The van der Waals surface area contributed by atoms with Crippen molar-refractivity contribution in [3.63, 3.8) is 0 Å². The fourth-order valence-electron chi connectivity index (χ4n) is 12.3. The summed E-state index contributed by atoms with van der Waals surface area (Å²) in [4.78, 5) is 13.4. The number of carbonyl (C=O) groups is 1. The summed E-state index contributed by atoms with van der Waals surface area (Å²) in [5, 5.41) is 120. The van der Waals surface area contributed by atoms with Crippen molar-refractivity contribution in [3.05, 3.63) is 36.5 Å². The van der Waals surface area contributed by atoms with Crippen molar-refractivity contribution in [1.29, 1.82) is 0 Å². The minimum Gasteiger partial charge on any atom is -0.394 e. The van der Waals surface area contributed by atoms with Gasteiger partial charge in [0.05, 0.1) is 38.6 Å². The van der Waals surface area contributed by atoms with Crippen molar-refractivity contribution in [2.45, 2.75) is 381 Å². The molecule has 528 valence electrons. The Morgan fingerprint density at radius 3 is 1.13 bits per heavy atom. The van der Waals surface area contributed by atoms with E-state index < -0.39 is 124 Å². The highest BCUT2D eigenvalue weighted by atomic mass is 16.8. The average Bonchev–Trinajstić information content (AvgIpc) is 1.08. The third-order valence-corrected chi connectivity index (χ3v) is 18.2. The molecule has 0 aromatic carbocycles. The van der Waals surface area contributed by atoms with Gasteiger partial charge in [0.15, 0.2) is 18.9 Å². The Morgan fingerprint density at radius 2 is 0.733 bits per heavy atom. The van der Waals surface area contributed by atoms with Crippen molar-refractivity contribution in [3.8, 4) is 0 Å². The van der Waals surface area contributed by atoms with Crippen LogP contribution < -0.4 is 5.32 Å². The van der Waals surface area contributed by atoms with E-state index in [9.17, 15) is 61.0 Å². The van der Waals surface area contributed by atoms with Crippen LogP contribution in [0, 0.1) is 0 Å². The number of ether oxygens (including phenoxy) is 6. The van der Waals surface area contributed by atoms with Gasteiger partial charge in [-0.15, -0.1) is 0 Å². The second kappa shape index (κ2) is 53.2. The Bertz CT molecular complexity index is 1780. The van der Waals surface area contributed by atoms with E-state index >= 15 is 0 Å². The molecular formula is C71H131NO18. The van der Waals surface area contributed by atoms with E-state index in [0.717, 1.165) is 51.4 Å². The second-order valence-electron chi connectivity index (χ2n) is 26.1. The van der Waals surface area contributed by atoms with E-state index in [1.165, 1.54) is 199 Å². The Balaban J connectivity index is 1.30. The molecule has 0 aromatic rings. The number of hydrogen-bond donors (Lipinski definition) is 12. The van der Waals surface area contributed by atoms with Crippen LogP contribution in [0.4, 0.5) is 0 Å². The van der Waals surface area contributed by atoms with Crippen molar-refractivity contribution >= 4 is 5.91 Å². The quantitative estimate of drug-likeness (QED) is 0.0199. The number of carbonyl (C=O) groups excluding carboxylic acids is 1. The molecule has 3 saturated heterocycles. The maximum absolute atomic E-state index is 13.4. The van der Waals surface area contributed by atoms with Crippen LogP contribution >= 0.6 is 0 Å². The molecule has 90 heavy (non-hydrogen) atoms. The van der Waals surface area contributed by atoms with Gasteiger partial charge in [0.1, 0.15) is 73.2 Å². The number of aliphatic hydroxyl groups is 11. The van der Waals surface area contributed by atoms with Gasteiger partial charge in [-0.25, -0.2) is 0 Å². The van der Waals surface area contributed by atoms with Crippen molar-refractivity contribution < 1.29 is 89.4 Å². The molecule has 19 nitrogen and oxygen atoms in total. The first-order chi connectivity index (χ1) is 43.8. The number of allylic oxidation sites excluding steroid dienone is 5. The highest BCUT2D eigenvalue weighted by molar-refractivity contribution is 5.76. The molecule has 3 aliphatic heterocycles. The SMILES string of the molecule is CCCCCCC/C=C\C/C=C\CCCCCCCCCCCCCCCCCCCCCCCCCC(=O)NC(COC1OC(CO)C(OC2OC(CO)C(OC3OC(CO)C(O)C(O)C3O)C(O)C2O)C(O)C1O)C(O)/C=C/CCCCCCCCCC. The largest absolute Gasteiger partial charge is 0.394 e. The van der Waals surface area contributed by atoms with Crippen LogP contribution in [-0.2, 0) is 33.2 Å². The lowest BCUT2D eigenvalue weighted by Gasteiger charge is -2.48. The molecular weight excluding hydrogens is 1150 g/mol. The van der Waals surface area contributed by atoms with Gasteiger partial charge in [0.25, 0.3) is 0 Å². The normalized spacial score (nSPS) is 28.2. The summed E-state index contributed by atoms with van der Waals surface area (Å²) < 4.78 is 34.3. The van der Waals surface area contributed by atoms with Crippen LogP contribution in [0.3, 0.4) is 0 Å².